The Morgan fingerprint density at radius 2 is 1.78 bits per heavy atom. The first kappa shape index (κ1) is 19.0. The molecular weight excluding hydrogens is 340 g/mol. The molecule has 0 radical (unpaired) electrons. The SMILES string of the molecule is CC1Cc2ccccc2N1C(=O)c1ccc(CNC(=O)OC(C)(C)C)cc1. The second kappa shape index (κ2) is 7.43. The zero-order chi connectivity index (χ0) is 19.6. The van der Waals surface area contributed by atoms with E-state index in [0.29, 0.717) is 12.1 Å². The third-order valence-corrected chi connectivity index (χ3v) is 4.46. The van der Waals surface area contributed by atoms with E-state index in [1.165, 1.54) is 5.56 Å². The number of nitrogens with zero attached hydrogens (tertiary/aromatic N) is 1. The van der Waals surface area contributed by atoms with E-state index in [4.69, 9.17) is 4.74 Å². The molecule has 0 saturated heterocycles. The lowest BCUT2D eigenvalue weighted by atomic mass is 10.1. The zero-order valence-corrected chi connectivity index (χ0v) is 16.3. The molecule has 0 saturated carbocycles. The maximum Gasteiger partial charge on any atom is 0.407 e. The van der Waals surface area contributed by atoms with E-state index in [9.17, 15) is 9.59 Å². The topological polar surface area (TPSA) is 58.6 Å². The Morgan fingerprint density at radius 3 is 2.44 bits per heavy atom. The van der Waals surface area contributed by atoms with Gasteiger partial charge in [0.05, 0.1) is 0 Å². The number of rotatable bonds is 3. The molecule has 2 aromatic rings. The second-order valence-electron chi connectivity index (χ2n) is 7.91. The summed E-state index contributed by atoms with van der Waals surface area (Å²) in [5.41, 5.74) is 3.22. The number of para-hydroxylation sites is 1. The molecule has 27 heavy (non-hydrogen) atoms. The molecule has 0 fully saturated rings. The van der Waals surface area contributed by atoms with Crippen LogP contribution in [0.1, 0.15) is 49.2 Å². The van der Waals surface area contributed by atoms with Crippen LogP contribution in [-0.2, 0) is 17.7 Å². The van der Waals surface area contributed by atoms with Gasteiger partial charge in [-0.25, -0.2) is 4.79 Å². The highest BCUT2D eigenvalue weighted by Gasteiger charge is 2.31. The third-order valence-electron chi connectivity index (χ3n) is 4.46. The molecule has 0 aromatic heterocycles. The van der Waals surface area contributed by atoms with Crippen LogP contribution in [0.2, 0.25) is 0 Å². The van der Waals surface area contributed by atoms with E-state index in [1.807, 2.05) is 68.1 Å². The van der Waals surface area contributed by atoms with Crippen LogP contribution in [0.4, 0.5) is 10.5 Å². The molecule has 2 aromatic carbocycles. The molecule has 1 atom stereocenters. The number of carbonyl (C=O) groups excluding carboxylic acids is 2. The molecule has 5 nitrogen and oxygen atoms in total. The highest BCUT2D eigenvalue weighted by Crippen LogP contribution is 2.33. The summed E-state index contributed by atoms with van der Waals surface area (Å²) in [5, 5.41) is 2.72. The van der Waals surface area contributed by atoms with Crippen LogP contribution in [0.5, 0.6) is 0 Å². The number of amides is 2. The molecule has 0 aliphatic carbocycles. The summed E-state index contributed by atoms with van der Waals surface area (Å²) in [7, 11) is 0. The van der Waals surface area contributed by atoms with E-state index in [2.05, 4.69) is 18.3 Å². The minimum absolute atomic E-state index is 0.000832. The zero-order valence-electron chi connectivity index (χ0n) is 16.3. The van der Waals surface area contributed by atoms with Crippen molar-refractivity contribution in [3.63, 3.8) is 0 Å². The van der Waals surface area contributed by atoms with Gasteiger partial charge in [-0.05, 0) is 63.4 Å². The average molecular weight is 366 g/mol. The molecule has 1 unspecified atom stereocenters. The average Bonchev–Trinajstić information content (AvgIpc) is 2.94. The summed E-state index contributed by atoms with van der Waals surface area (Å²) in [5.74, 6) is -0.000832. The fourth-order valence-corrected chi connectivity index (χ4v) is 3.27. The summed E-state index contributed by atoms with van der Waals surface area (Å²) in [4.78, 5) is 26.6. The van der Waals surface area contributed by atoms with E-state index in [0.717, 1.165) is 17.7 Å². The van der Waals surface area contributed by atoms with Crippen molar-refractivity contribution in [2.24, 2.45) is 0 Å². The van der Waals surface area contributed by atoms with Gasteiger partial charge in [0, 0.05) is 23.8 Å². The van der Waals surface area contributed by atoms with Crippen LogP contribution in [0.3, 0.4) is 0 Å². The van der Waals surface area contributed by atoms with Gasteiger partial charge in [0.2, 0.25) is 0 Å². The Labute approximate surface area is 160 Å². The maximum atomic E-state index is 13.0. The van der Waals surface area contributed by atoms with Gasteiger partial charge >= 0.3 is 6.09 Å². The van der Waals surface area contributed by atoms with Crippen molar-refractivity contribution < 1.29 is 14.3 Å². The third kappa shape index (κ3) is 4.48. The van der Waals surface area contributed by atoms with Crippen LogP contribution < -0.4 is 10.2 Å². The predicted octanol–water partition coefficient (Wildman–Crippen LogP) is 4.30. The summed E-state index contributed by atoms with van der Waals surface area (Å²) in [6, 6.07) is 15.5. The quantitative estimate of drug-likeness (QED) is 0.881. The molecule has 1 aliphatic heterocycles. The first-order valence-corrected chi connectivity index (χ1v) is 9.22. The Bertz CT molecular complexity index is 837. The smallest absolute Gasteiger partial charge is 0.407 e. The molecule has 1 heterocycles. The number of anilines is 1. The van der Waals surface area contributed by atoms with Crippen LogP contribution in [0.25, 0.3) is 0 Å². The van der Waals surface area contributed by atoms with E-state index >= 15 is 0 Å². The minimum Gasteiger partial charge on any atom is -0.444 e. The maximum absolute atomic E-state index is 13.0. The monoisotopic (exact) mass is 366 g/mol. The Hall–Kier alpha value is -2.82. The van der Waals surface area contributed by atoms with Gasteiger partial charge in [0.15, 0.2) is 0 Å². The summed E-state index contributed by atoms with van der Waals surface area (Å²) < 4.78 is 5.22. The van der Waals surface area contributed by atoms with E-state index < -0.39 is 11.7 Å². The summed E-state index contributed by atoms with van der Waals surface area (Å²) in [6.45, 7) is 7.89. The van der Waals surface area contributed by atoms with E-state index in [1.54, 1.807) is 0 Å². The number of nitrogens with one attached hydrogen (secondary N) is 1. The lowest BCUT2D eigenvalue weighted by Crippen LogP contribution is -2.35. The molecule has 1 aliphatic rings. The van der Waals surface area contributed by atoms with Gasteiger partial charge in [-0.2, -0.15) is 0 Å². The first-order chi connectivity index (χ1) is 12.7. The largest absolute Gasteiger partial charge is 0.444 e. The molecule has 3 rings (SSSR count). The van der Waals surface area contributed by atoms with Gasteiger partial charge < -0.3 is 15.0 Å². The van der Waals surface area contributed by atoms with Crippen LogP contribution in [-0.4, -0.2) is 23.6 Å². The highest BCUT2D eigenvalue weighted by molar-refractivity contribution is 6.07. The molecule has 142 valence electrons. The van der Waals surface area contributed by atoms with E-state index in [-0.39, 0.29) is 11.9 Å². The predicted molar refractivity (Wildman–Crippen MR) is 106 cm³/mol. The van der Waals surface area contributed by atoms with Gasteiger partial charge in [-0.3, -0.25) is 4.79 Å². The number of benzene rings is 2. The fraction of sp³-hybridized carbons (Fsp3) is 0.364. The van der Waals surface area contributed by atoms with Crippen LogP contribution in [0, 0.1) is 0 Å². The molecule has 1 N–H and O–H groups in total. The number of hydrogen-bond acceptors (Lipinski definition) is 3. The molecule has 0 spiro atoms. The van der Waals surface area contributed by atoms with Crippen LogP contribution >= 0.6 is 0 Å². The Morgan fingerprint density at radius 1 is 1.11 bits per heavy atom. The molecular formula is C22H26N2O3. The fourth-order valence-electron chi connectivity index (χ4n) is 3.27. The van der Waals surface area contributed by atoms with Crippen molar-refractivity contribution in [2.75, 3.05) is 4.90 Å². The van der Waals surface area contributed by atoms with Crippen molar-refractivity contribution in [1.29, 1.82) is 0 Å². The van der Waals surface area contributed by atoms with Crippen molar-refractivity contribution in [1.82, 2.24) is 5.32 Å². The lowest BCUT2D eigenvalue weighted by Gasteiger charge is -2.23. The van der Waals surface area contributed by atoms with Crippen LogP contribution in [0.15, 0.2) is 48.5 Å². The number of alkyl carbamates (subject to hydrolysis) is 1. The van der Waals surface area contributed by atoms with Crippen molar-refractivity contribution in [3.05, 3.63) is 65.2 Å². The number of hydrogen-bond donors (Lipinski definition) is 1. The van der Waals surface area contributed by atoms with Gasteiger partial charge in [-0.1, -0.05) is 30.3 Å². The van der Waals surface area contributed by atoms with Gasteiger partial charge in [0.25, 0.3) is 5.91 Å². The van der Waals surface area contributed by atoms with Crippen molar-refractivity contribution >= 4 is 17.7 Å². The lowest BCUT2D eigenvalue weighted by molar-refractivity contribution is 0.0523. The molecule has 2 amide bonds. The number of fused-ring (bicyclic) bond motifs is 1. The summed E-state index contributed by atoms with van der Waals surface area (Å²) in [6.07, 6.45) is 0.421. The Balaban J connectivity index is 1.65. The highest BCUT2D eigenvalue weighted by atomic mass is 16.6. The normalized spacial score (nSPS) is 16.0. The Kier molecular flexibility index (Phi) is 5.22. The van der Waals surface area contributed by atoms with Crippen molar-refractivity contribution in [3.8, 4) is 0 Å². The number of ether oxygens (including phenoxy) is 1. The first-order valence-electron chi connectivity index (χ1n) is 9.22. The number of carbonyl (C=O) groups is 2. The standard InChI is InChI=1S/C22H26N2O3/c1-15-13-18-7-5-6-8-19(18)24(15)20(25)17-11-9-16(10-12-17)14-23-21(26)27-22(2,3)4/h5-12,15H,13-14H2,1-4H3,(H,23,26). The summed E-state index contributed by atoms with van der Waals surface area (Å²) >= 11 is 0. The van der Waals surface area contributed by atoms with Gasteiger partial charge in [0.1, 0.15) is 5.60 Å². The van der Waals surface area contributed by atoms with Crippen molar-refractivity contribution in [2.45, 2.75) is 52.3 Å². The molecule has 5 heteroatoms. The minimum atomic E-state index is -0.525. The second-order valence-corrected chi connectivity index (χ2v) is 7.91. The molecule has 0 bridgehead atoms. The van der Waals surface area contributed by atoms with Gasteiger partial charge in [-0.15, -0.1) is 0 Å².